The van der Waals surface area contributed by atoms with Crippen LogP contribution in [0.3, 0.4) is 0 Å². The van der Waals surface area contributed by atoms with Gasteiger partial charge in [-0.3, -0.25) is 0 Å². The lowest BCUT2D eigenvalue weighted by Gasteiger charge is -2.07. The Bertz CT molecular complexity index is 847. The van der Waals surface area contributed by atoms with Crippen molar-refractivity contribution in [1.82, 2.24) is 4.98 Å². The third-order valence-electron chi connectivity index (χ3n) is 4.39. The van der Waals surface area contributed by atoms with Gasteiger partial charge in [0.2, 0.25) is 0 Å². The number of unbranched alkanes of at least 4 members (excludes halogenated alkanes) is 1. The molecule has 0 N–H and O–H groups in total. The van der Waals surface area contributed by atoms with E-state index in [9.17, 15) is 0 Å². The van der Waals surface area contributed by atoms with E-state index in [1.165, 1.54) is 21.6 Å². The molecule has 0 spiro atoms. The van der Waals surface area contributed by atoms with Gasteiger partial charge in [0.05, 0.1) is 6.61 Å². The second-order valence-electron chi connectivity index (χ2n) is 6.54. The van der Waals surface area contributed by atoms with Crippen LogP contribution >= 0.6 is 11.3 Å². The zero-order valence-electron chi connectivity index (χ0n) is 16.2. The molecule has 140 valence electrons. The molecule has 0 aliphatic rings. The molecular formula is C24H27NOS. The Balaban J connectivity index is 1.61. The molecule has 0 aliphatic carbocycles. The van der Waals surface area contributed by atoms with Crippen LogP contribution in [0.4, 0.5) is 0 Å². The first-order chi connectivity index (χ1) is 13.3. The average Bonchev–Trinajstić information content (AvgIpc) is 3.17. The maximum absolute atomic E-state index is 5.80. The fourth-order valence-corrected chi connectivity index (χ4v) is 3.93. The second kappa shape index (κ2) is 10.1. The van der Waals surface area contributed by atoms with Crippen LogP contribution in [0.1, 0.15) is 38.0 Å². The maximum atomic E-state index is 5.80. The topological polar surface area (TPSA) is 22.1 Å². The van der Waals surface area contributed by atoms with E-state index in [4.69, 9.17) is 4.74 Å². The summed E-state index contributed by atoms with van der Waals surface area (Å²) in [6.45, 7) is 5.01. The van der Waals surface area contributed by atoms with Crippen molar-refractivity contribution in [1.29, 1.82) is 0 Å². The van der Waals surface area contributed by atoms with Gasteiger partial charge in [-0.15, -0.1) is 11.3 Å². The van der Waals surface area contributed by atoms with Crippen LogP contribution in [0.2, 0.25) is 0 Å². The summed E-state index contributed by atoms with van der Waals surface area (Å²) in [4.78, 5) is 5.92. The molecule has 0 fully saturated rings. The normalized spacial score (nSPS) is 11.2. The largest absolute Gasteiger partial charge is 0.494 e. The molecule has 0 saturated carbocycles. The number of rotatable bonds is 9. The summed E-state index contributed by atoms with van der Waals surface area (Å²) in [7, 11) is 0. The highest BCUT2D eigenvalue weighted by Gasteiger charge is 2.05. The van der Waals surface area contributed by atoms with Crippen molar-refractivity contribution >= 4 is 11.3 Å². The lowest BCUT2D eigenvalue weighted by Crippen LogP contribution is -1.96. The van der Waals surface area contributed by atoms with E-state index in [0.717, 1.165) is 43.0 Å². The van der Waals surface area contributed by atoms with Crippen molar-refractivity contribution in [2.24, 2.45) is 0 Å². The van der Waals surface area contributed by atoms with Gasteiger partial charge in [0.25, 0.3) is 0 Å². The number of aromatic nitrogens is 1. The molecule has 1 heterocycles. The molecule has 0 aliphatic heterocycles. The Morgan fingerprint density at radius 2 is 1.63 bits per heavy atom. The second-order valence-corrected chi connectivity index (χ2v) is 7.66. The zero-order chi connectivity index (χ0) is 18.9. The summed E-state index contributed by atoms with van der Waals surface area (Å²) < 4.78 is 5.80. The summed E-state index contributed by atoms with van der Waals surface area (Å²) in [5.41, 5.74) is 3.60. The van der Waals surface area contributed by atoms with Crippen LogP contribution in [-0.2, 0) is 6.42 Å². The molecule has 3 aromatic rings. The van der Waals surface area contributed by atoms with E-state index in [2.05, 4.69) is 72.6 Å². The van der Waals surface area contributed by atoms with Crippen molar-refractivity contribution in [3.05, 3.63) is 71.8 Å². The Labute approximate surface area is 166 Å². The SMILES string of the molecule is CC=CCCCOc1ccc(-c2ccc(-c3ncc(CCC)s3)cc2)cc1. The molecule has 2 nitrogen and oxygen atoms in total. The number of benzene rings is 2. The van der Waals surface area contributed by atoms with Crippen molar-refractivity contribution in [3.63, 3.8) is 0 Å². The first-order valence-electron chi connectivity index (χ1n) is 9.69. The van der Waals surface area contributed by atoms with E-state index >= 15 is 0 Å². The predicted octanol–water partition coefficient (Wildman–Crippen LogP) is 7.16. The number of hydrogen-bond donors (Lipinski definition) is 0. The lowest BCUT2D eigenvalue weighted by molar-refractivity contribution is 0.312. The quantitative estimate of drug-likeness (QED) is 0.291. The highest BCUT2D eigenvalue weighted by Crippen LogP contribution is 2.29. The predicted molar refractivity (Wildman–Crippen MR) is 117 cm³/mol. The average molecular weight is 378 g/mol. The van der Waals surface area contributed by atoms with E-state index in [1.807, 2.05) is 13.1 Å². The highest BCUT2D eigenvalue weighted by atomic mass is 32.1. The first kappa shape index (κ1) is 19.4. The van der Waals surface area contributed by atoms with Crippen molar-refractivity contribution < 1.29 is 4.74 Å². The molecule has 0 unspecified atom stereocenters. The molecular weight excluding hydrogens is 350 g/mol. The number of aryl methyl sites for hydroxylation is 1. The molecule has 0 atom stereocenters. The van der Waals surface area contributed by atoms with E-state index < -0.39 is 0 Å². The number of allylic oxidation sites excluding steroid dienone is 2. The van der Waals surface area contributed by atoms with Gasteiger partial charge in [-0.1, -0.05) is 61.9 Å². The summed E-state index contributed by atoms with van der Waals surface area (Å²) in [5.74, 6) is 0.932. The van der Waals surface area contributed by atoms with Crippen LogP contribution in [0.15, 0.2) is 66.9 Å². The third-order valence-corrected chi connectivity index (χ3v) is 5.50. The Morgan fingerprint density at radius 1 is 0.963 bits per heavy atom. The van der Waals surface area contributed by atoms with Gasteiger partial charge in [-0.05, 0) is 49.4 Å². The molecule has 2 aromatic carbocycles. The molecule has 3 rings (SSSR count). The van der Waals surface area contributed by atoms with E-state index in [0.29, 0.717) is 0 Å². The summed E-state index contributed by atoms with van der Waals surface area (Å²) in [5, 5.41) is 1.10. The number of hydrogen-bond acceptors (Lipinski definition) is 3. The Morgan fingerprint density at radius 3 is 2.30 bits per heavy atom. The number of nitrogens with zero attached hydrogens (tertiary/aromatic N) is 1. The standard InChI is InChI=1S/C24H27NOS/c1-3-5-6-7-17-26-22-15-13-20(14-16-22)19-9-11-21(12-10-19)24-25-18-23(27-24)8-4-2/h3,5,9-16,18H,4,6-8,17H2,1-2H3. The highest BCUT2D eigenvalue weighted by molar-refractivity contribution is 7.15. The van der Waals surface area contributed by atoms with Crippen LogP contribution in [0.25, 0.3) is 21.7 Å². The molecule has 27 heavy (non-hydrogen) atoms. The van der Waals surface area contributed by atoms with Crippen LogP contribution in [-0.4, -0.2) is 11.6 Å². The van der Waals surface area contributed by atoms with Gasteiger partial charge in [-0.25, -0.2) is 4.98 Å². The monoisotopic (exact) mass is 377 g/mol. The molecule has 3 heteroatoms. The van der Waals surface area contributed by atoms with Crippen molar-refractivity contribution in [2.75, 3.05) is 6.61 Å². The van der Waals surface area contributed by atoms with Gasteiger partial charge < -0.3 is 4.74 Å². The molecule has 1 aromatic heterocycles. The van der Waals surface area contributed by atoms with Crippen molar-refractivity contribution in [2.45, 2.75) is 39.5 Å². The number of ether oxygens (including phenoxy) is 1. The van der Waals surface area contributed by atoms with Crippen LogP contribution < -0.4 is 4.74 Å². The summed E-state index contributed by atoms with van der Waals surface area (Å²) >= 11 is 1.79. The minimum absolute atomic E-state index is 0.756. The number of thiazole rings is 1. The molecule has 0 radical (unpaired) electrons. The molecule has 0 amide bonds. The Kier molecular flexibility index (Phi) is 7.23. The fourth-order valence-electron chi connectivity index (χ4n) is 2.91. The van der Waals surface area contributed by atoms with Gasteiger partial charge in [-0.2, -0.15) is 0 Å². The summed E-state index contributed by atoms with van der Waals surface area (Å²) in [6.07, 6.45) is 10.7. The smallest absolute Gasteiger partial charge is 0.123 e. The zero-order valence-corrected chi connectivity index (χ0v) is 17.0. The van der Waals surface area contributed by atoms with E-state index in [1.54, 1.807) is 11.3 Å². The van der Waals surface area contributed by atoms with Gasteiger partial charge in [0, 0.05) is 16.6 Å². The van der Waals surface area contributed by atoms with Crippen LogP contribution in [0.5, 0.6) is 5.75 Å². The van der Waals surface area contributed by atoms with Gasteiger partial charge >= 0.3 is 0 Å². The summed E-state index contributed by atoms with van der Waals surface area (Å²) in [6, 6.07) is 17.0. The van der Waals surface area contributed by atoms with Gasteiger partial charge in [0.15, 0.2) is 0 Å². The minimum Gasteiger partial charge on any atom is -0.494 e. The Hall–Kier alpha value is -2.39. The molecule has 0 saturated heterocycles. The minimum atomic E-state index is 0.756. The third kappa shape index (κ3) is 5.54. The fraction of sp³-hybridized carbons (Fsp3) is 0.292. The lowest BCUT2D eigenvalue weighted by atomic mass is 10.0. The van der Waals surface area contributed by atoms with Crippen molar-refractivity contribution in [3.8, 4) is 27.4 Å². The van der Waals surface area contributed by atoms with Gasteiger partial charge in [0.1, 0.15) is 10.8 Å². The maximum Gasteiger partial charge on any atom is 0.123 e. The van der Waals surface area contributed by atoms with E-state index in [-0.39, 0.29) is 0 Å². The van der Waals surface area contributed by atoms with Crippen LogP contribution in [0, 0.1) is 0 Å². The molecule has 0 bridgehead atoms. The first-order valence-corrected chi connectivity index (χ1v) is 10.5.